The predicted octanol–water partition coefficient (Wildman–Crippen LogP) is 3.80. The highest BCUT2D eigenvalue weighted by Gasteiger charge is 2.22. The number of ketones is 1. The monoisotopic (exact) mass is 279 g/mol. The topological polar surface area (TPSA) is 50.1 Å². The standard InChI is InChI=1S/C18H17NO2/c1-12-5-4-6-15(9-12)18(20)16(11-19)14-8-7-13(2)17(10-14)21-3/h4-10,16H,1-3H3. The summed E-state index contributed by atoms with van der Waals surface area (Å²) in [6, 6.07) is 14.8. The minimum Gasteiger partial charge on any atom is -0.496 e. The van der Waals surface area contributed by atoms with Gasteiger partial charge in [-0.05, 0) is 37.1 Å². The van der Waals surface area contributed by atoms with Gasteiger partial charge in [-0.2, -0.15) is 5.26 Å². The van der Waals surface area contributed by atoms with Gasteiger partial charge in [0.2, 0.25) is 0 Å². The van der Waals surface area contributed by atoms with Crippen LogP contribution in [0.5, 0.6) is 5.75 Å². The van der Waals surface area contributed by atoms with Gasteiger partial charge in [-0.3, -0.25) is 4.79 Å². The Kier molecular flexibility index (Phi) is 4.39. The zero-order valence-electron chi connectivity index (χ0n) is 12.4. The zero-order chi connectivity index (χ0) is 15.4. The third kappa shape index (κ3) is 3.11. The summed E-state index contributed by atoms with van der Waals surface area (Å²) in [7, 11) is 1.58. The lowest BCUT2D eigenvalue weighted by molar-refractivity contribution is 0.0978. The Morgan fingerprint density at radius 2 is 1.95 bits per heavy atom. The fourth-order valence-corrected chi connectivity index (χ4v) is 2.27. The number of Topliss-reactive ketones (excluding diaryl/α,β-unsaturated/α-hetero) is 1. The Balaban J connectivity index is 2.40. The van der Waals surface area contributed by atoms with Crippen molar-refractivity contribution in [1.82, 2.24) is 0 Å². The maximum atomic E-state index is 12.5. The van der Waals surface area contributed by atoms with Crippen molar-refractivity contribution in [2.45, 2.75) is 19.8 Å². The van der Waals surface area contributed by atoms with E-state index < -0.39 is 5.92 Å². The van der Waals surface area contributed by atoms with Crippen LogP contribution >= 0.6 is 0 Å². The number of hydrogen-bond donors (Lipinski definition) is 0. The summed E-state index contributed by atoms with van der Waals surface area (Å²) in [4.78, 5) is 12.5. The van der Waals surface area contributed by atoms with Crippen LogP contribution in [0.2, 0.25) is 0 Å². The molecular formula is C18H17NO2. The van der Waals surface area contributed by atoms with Gasteiger partial charge >= 0.3 is 0 Å². The Morgan fingerprint density at radius 3 is 2.57 bits per heavy atom. The van der Waals surface area contributed by atoms with E-state index in [1.165, 1.54) is 0 Å². The summed E-state index contributed by atoms with van der Waals surface area (Å²) in [5, 5.41) is 9.40. The lowest BCUT2D eigenvalue weighted by atomic mass is 9.90. The molecule has 0 saturated carbocycles. The van der Waals surface area contributed by atoms with Crippen LogP contribution in [0.1, 0.15) is 33.0 Å². The van der Waals surface area contributed by atoms with Crippen molar-refractivity contribution in [3.63, 3.8) is 0 Å². The van der Waals surface area contributed by atoms with Crippen molar-refractivity contribution in [2.75, 3.05) is 7.11 Å². The maximum Gasteiger partial charge on any atom is 0.184 e. The van der Waals surface area contributed by atoms with Crippen molar-refractivity contribution in [2.24, 2.45) is 0 Å². The summed E-state index contributed by atoms with van der Waals surface area (Å²) >= 11 is 0. The van der Waals surface area contributed by atoms with E-state index in [9.17, 15) is 10.1 Å². The van der Waals surface area contributed by atoms with E-state index in [2.05, 4.69) is 6.07 Å². The fraction of sp³-hybridized carbons (Fsp3) is 0.222. The number of methoxy groups -OCH3 is 1. The second-order valence-corrected chi connectivity index (χ2v) is 5.02. The van der Waals surface area contributed by atoms with Crippen molar-refractivity contribution in [3.8, 4) is 11.8 Å². The summed E-state index contributed by atoms with van der Waals surface area (Å²) in [6.45, 7) is 3.85. The quantitative estimate of drug-likeness (QED) is 0.800. The Hall–Kier alpha value is -2.60. The number of nitriles is 1. The van der Waals surface area contributed by atoms with Crippen LogP contribution in [0.15, 0.2) is 42.5 Å². The molecule has 2 aromatic rings. The molecule has 0 N–H and O–H groups in total. The number of aryl methyl sites for hydroxylation is 2. The van der Waals surface area contributed by atoms with Gasteiger partial charge in [0.1, 0.15) is 11.7 Å². The molecule has 0 heterocycles. The van der Waals surface area contributed by atoms with Crippen LogP contribution in [-0.4, -0.2) is 12.9 Å². The van der Waals surface area contributed by atoms with Crippen molar-refractivity contribution >= 4 is 5.78 Å². The summed E-state index contributed by atoms with van der Waals surface area (Å²) in [5.74, 6) is -0.321. The van der Waals surface area contributed by atoms with Gasteiger partial charge < -0.3 is 4.74 Å². The van der Waals surface area contributed by atoms with E-state index in [1.807, 2.05) is 32.0 Å². The van der Waals surface area contributed by atoms with Crippen LogP contribution < -0.4 is 4.74 Å². The number of nitrogens with zero attached hydrogens (tertiary/aromatic N) is 1. The molecule has 106 valence electrons. The predicted molar refractivity (Wildman–Crippen MR) is 81.6 cm³/mol. The number of rotatable bonds is 4. The molecule has 0 spiro atoms. The summed E-state index contributed by atoms with van der Waals surface area (Å²) in [5.41, 5.74) is 3.19. The number of benzene rings is 2. The van der Waals surface area contributed by atoms with Crippen LogP contribution in [0.25, 0.3) is 0 Å². The molecule has 0 aromatic heterocycles. The van der Waals surface area contributed by atoms with E-state index in [0.717, 1.165) is 11.1 Å². The first kappa shape index (κ1) is 14.8. The largest absolute Gasteiger partial charge is 0.496 e. The minimum atomic E-state index is -0.818. The van der Waals surface area contributed by atoms with Crippen LogP contribution in [-0.2, 0) is 0 Å². The molecule has 0 saturated heterocycles. The van der Waals surface area contributed by atoms with Crippen molar-refractivity contribution in [1.29, 1.82) is 5.26 Å². The maximum absolute atomic E-state index is 12.5. The smallest absolute Gasteiger partial charge is 0.184 e. The van der Waals surface area contributed by atoms with E-state index in [1.54, 1.807) is 31.4 Å². The molecule has 0 amide bonds. The lowest BCUT2D eigenvalue weighted by Crippen LogP contribution is -2.11. The van der Waals surface area contributed by atoms with Gasteiger partial charge in [-0.15, -0.1) is 0 Å². The molecule has 3 heteroatoms. The van der Waals surface area contributed by atoms with Crippen molar-refractivity contribution < 1.29 is 9.53 Å². The van der Waals surface area contributed by atoms with Gasteiger partial charge in [0, 0.05) is 5.56 Å². The number of hydrogen-bond acceptors (Lipinski definition) is 3. The molecule has 0 aliphatic heterocycles. The normalized spacial score (nSPS) is 11.5. The molecule has 21 heavy (non-hydrogen) atoms. The third-order valence-electron chi connectivity index (χ3n) is 3.46. The van der Waals surface area contributed by atoms with Gasteiger partial charge in [-0.1, -0.05) is 35.9 Å². The molecule has 0 fully saturated rings. The lowest BCUT2D eigenvalue weighted by Gasteiger charge is -2.12. The summed E-state index contributed by atoms with van der Waals surface area (Å²) < 4.78 is 5.26. The van der Waals surface area contributed by atoms with Gasteiger partial charge in [-0.25, -0.2) is 0 Å². The first-order valence-electron chi connectivity index (χ1n) is 6.72. The highest BCUT2D eigenvalue weighted by Crippen LogP contribution is 2.26. The number of carbonyl (C=O) groups is 1. The summed E-state index contributed by atoms with van der Waals surface area (Å²) in [6.07, 6.45) is 0. The highest BCUT2D eigenvalue weighted by molar-refractivity contribution is 6.02. The molecule has 2 rings (SSSR count). The fourth-order valence-electron chi connectivity index (χ4n) is 2.27. The SMILES string of the molecule is COc1cc(C(C#N)C(=O)c2cccc(C)c2)ccc1C. The third-order valence-corrected chi connectivity index (χ3v) is 3.46. The molecule has 1 atom stereocenters. The Bertz CT molecular complexity index is 713. The number of ether oxygens (including phenoxy) is 1. The van der Waals surface area contributed by atoms with Gasteiger partial charge in [0.25, 0.3) is 0 Å². The first-order valence-corrected chi connectivity index (χ1v) is 6.72. The molecule has 0 aliphatic rings. The van der Waals surface area contributed by atoms with Crippen LogP contribution in [0.4, 0.5) is 0 Å². The molecule has 0 bridgehead atoms. The van der Waals surface area contributed by atoms with Gasteiger partial charge in [0.15, 0.2) is 5.78 Å². The second kappa shape index (κ2) is 6.23. The van der Waals surface area contributed by atoms with E-state index in [4.69, 9.17) is 4.74 Å². The average molecular weight is 279 g/mol. The molecule has 2 aromatic carbocycles. The van der Waals surface area contributed by atoms with Gasteiger partial charge in [0.05, 0.1) is 13.2 Å². The Morgan fingerprint density at radius 1 is 1.19 bits per heavy atom. The number of carbonyl (C=O) groups excluding carboxylic acids is 1. The van der Waals surface area contributed by atoms with Crippen LogP contribution in [0, 0.1) is 25.2 Å². The average Bonchev–Trinajstić information content (AvgIpc) is 2.49. The van der Waals surface area contributed by atoms with Crippen molar-refractivity contribution in [3.05, 3.63) is 64.7 Å². The second-order valence-electron chi connectivity index (χ2n) is 5.02. The zero-order valence-corrected chi connectivity index (χ0v) is 12.4. The van der Waals surface area contributed by atoms with E-state index in [-0.39, 0.29) is 5.78 Å². The first-order chi connectivity index (χ1) is 10.1. The Labute approximate surface area is 124 Å². The van der Waals surface area contributed by atoms with Crippen LogP contribution in [0.3, 0.4) is 0 Å². The highest BCUT2D eigenvalue weighted by atomic mass is 16.5. The molecular weight excluding hydrogens is 262 g/mol. The minimum absolute atomic E-state index is 0.188. The molecule has 0 radical (unpaired) electrons. The molecule has 3 nitrogen and oxygen atoms in total. The van der Waals surface area contributed by atoms with E-state index in [0.29, 0.717) is 16.9 Å². The van der Waals surface area contributed by atoms with E-state index >= 15 is 0 Å². The molecule has 0 aliphatic carbocycles. The molecule has 1 unspecified atom stereocenters.